The highest BCUT2D eigenvalue weighted by Gasteiger charge is 2.32. The summed E-state index contributed by atoms with van der Waals surface area (Å²) in [5.74, 6) is 0.756. The number of aliphatic hydroxyl groups is 1. The van der Waals surface area contributed by atoms with E-state index in [0.29, 0.717) is 18.1 Å². The Morgan fingerprint density at radius 1 is 1.55 bits per heavy atom. The van der Waals surface area contributed by atoms with Crippen LogP contribution >= 0.6 is 0 Å². The normalized spacial score (nSPS) is 14.4. The van der Waals surface area contributed by atoms with E-state index in [1.807, 2.05) is 0 Å². The molecule has 1 aliphatic rings. The molecule has 1 fully saturated rings. The first-order valence-corrected chi connectivity index (χ1v) is 6.50. The highest BCUT2D eigenvalue weighted by atomic mass is 16.3. The molecule has 1 saturated carbocycles. The lowest BCUT2D eigenvalue weighted by molar-refractivity contribution is -0.133. The smallest absolute Gasteiger partial charge is 0.246 e. The van der Waals surface area contributed by atoms with Gasteiger partial charge in [-0.25, -0.2) is 0 Å². The Balaban J connectivity index is 1.66. The molecule has 1 aliphatic carbocycles. The van der Waals surface area contributed by atoms with Gasteiger partial charge in [-0.05, 0) is 30.2 Å². The zero-order chi connectivity index (χ0) is 13.9. The minimum atomic E-state index is -0.107. The molecule has 0 bridgehead atoms. The number of hydrogen-bond donors (Lipinski definition) is 1. The Morgan fingerprint density at radius 3 is 3.05 bits per heavy atom. The number of rotatable bonds is 6. The Labute approximate surface area is 115 Å². The van der Waals surface area contributed by atoms with Crippen molar-refractivity contribution >= 4 is 5.91 Å². The van der Waals surface area contributed by atoms with E-state index >= 15 is 0 Å². The van der Waals surface area contributed by atoms with Crippen LogP contribution in [-0.2, 0) is 11.3 Å². The van der Waals surface area contributed by atoms with Crippen molar-refractivity contribution in [2.24, 2.45) is 0 Å². The average molecular weight is 277 g/mol. The largest absolute Gasteiger partial charge is 0.461 e. The van der Waals surface area contributed by atoms with Gasteiger partial charge in [-0.2, -0.15) is 4.80 Å². The lowest BCUT2D eigenvalue weighted by atomic mass is 10.4. The summed E-state index contributed by atoms with van der Waals surface area (Å²) in [4.78, 5) is 15.1. The molecule has 0 spiro atoms. The van der Waals surface area contributed by atoms with Crippen LogP contribution in [0.4, 0.5) is 0 Å². The van der Waals surface area contributed by atoms with Crippen LogP contribution in [0.2, 0.25) is 0 Å². The second kappa shape index (κ2) is 5.41. The first kappa shape index (κ1) is 12.8. The van der Waals surface area contributed by atoms with Crippen LogP contribution in [0, 0.1) is 0 Å². The summed E-state index contributed by atoms with van der Waals surface area (Å²) in [6, 6.07) is 3.71. The highest BCUT2D eigenvalue weighted by molar-refractivity contribution is 5.76. The van der Waals surface area contributed by atoms with Gasteiger partial charge in [-0.1, -0.05) is 0 Å². The Morgan fingerprint density at radius 2 is 2.40 bits per heavy atom. The molecular weight excluding hydrogens is 262 g/mol. The van der Waals surface area contributed by atoms with Crippen LogP contribution in [0.15, 0.2) is 22.8 Å². The third-order valence-electron chi connectivity index (χ3n) is 3.12. The summed E-state index contributed by atoms with van der Waals surface area (Å²) < 4.78 is 5.17. The second-order valence-corrected chi connectivity index (χ2v) is 4.66. The van der Waals surface area contributed by atoms with Crippen molar-refractivity contribution in [3.63, 3.8) is 0 Å². The van der Waals surface area contributed by atoms with Crippen molar-refractivity contribution in [1.82, 2.24) is 25.1 Å². The third kappa shape index (κ3) is 2.69. The van der Waals surface area contributed by atoms with Crippen molar-refractivity contribution in [1.29, 1.82) is 0 Å². The van der Waals surface area contributed by atoms with E-state index in [9.17, 15) is 4.79 Å². The van der Waals surface area contributed by atoms with Crippen molar-refractivity contribution in [2.75, 3.05) is 13.2 Å². The lowest BCUT2D eigenvalue weighted by Crippen LogP contribution is -2.38. The van der Waals surface area contributed by atoms with Gasteiger partial charge in [-0.15, -0.1) is 10.2 Å². The molecule has 2 heterocycles. The van der Waals surface area contributed by atoms with Gasteiger partial charge in [0.1, 0.15) is 6.54 Å². The number of hydrogen-bond acceptors (Lipinski definition) is 6. The number of furan rings is 1. The number of tetrazole rings is 1. The third-order valence-corrected chi connectivity index (χ3v) is 3.12. The monoisotopic (exact) mass is 277 g/mol. The molecule has 106 valence electrons. The fourth-order valence-electron chi connectivity index (χ4n) is 2.03. The summed E-state index contributed by atoms with van der Waals surface area (Å²) in [5, 5.41) is 20.8. The van der Waals surface area contributed by atoms with Crippen molar-refractivity contribution < 1.29 is 14.3 Å². The van der Waals surface area contributed by atoms with E-state index in [1.54, 1.807) is 17.0 Å². The zero-order valence-corrected chi connectivity index (χ0v) is 10.8. The topological polar surface area (TPSA) is 97.3 Å². The number of amides is 1. The maximum Gasteiger partial charge on any atom is 0.246 e. The minimum Gasteiger partial charge on any atom is -0.461 e. The quantitative estimate of drug-likeness (QED) is 0.793. The van der Waals surface area contributed by atoms with Gasteiger partial charge in [-0.3, -0.25) is 4.79 Å². The fraction of sp³-hybridized carbons (Fsp3) is 0.500. The Hall–Kier alpha value is -2.22. The molecule has 1 amide bonds. The predicted octanol–water partition coefficient (Wildman–Crippen LogP) is -0.0836. The molecule has 2 aromatic heterocycles. The van der Waals surface area contributed by atoms with Crippen LogP contribution < -0.4 is 0 Å². The zero-order valence-electron chi connectivity index (χ0n) is 10.8. The van der Waals surface area contributed by atoms with Gasteiger partial charge in [0.15, 0.2) is 5.76 Å². The summed E-state index contributed by atoms with van der Waals surface area (Å²) >= 11 is 0. The van der Waals surface area contributed by atoms with E-state index in [1.165, 1.54) is 11.1 Å². The molecule has 1 N–H and O–H groups in total. The number of carbonyl (C=O) groups excluding carboxylic acids is 1. The molecule has 0 unspecified atom stereocenters. The van der Waals surface area contributed by atoms with Gasteiger partial charge in [0, 0.05) is 12.6 Å². The van der Waals surface area contributed by atoms with E-state index in [0.717, 1.165) is 12.8 Å². The number of aliphatic hydroxyl groups excluding tert-OH is 1. The number of nitrogens with zero attached hydrogens (tertiary/aromatic N) is 5. The molecule has 20 heavy (non-hydrogen) atoms. The standard InChI is InChI=1S/C12H15N5O3/c18-6-5-16(9-3-4-9)11(19)8-17-14-12(13-15-17)10-2-1-7-20-10/h1-2,7,9,18H,3-6,8H2. The Kier molecular flexibility index (Phi) is 3.46. The molecule has 0 atom stereocenters. The van der Waals surface area contributed by atoms with Gasteiger partial charge in [0.2, 0.25) is 11.7 Å². The molecule has 0 saturated heterocycles. The van der Waals surface area contributed by atoms with Crippen molar-refractivity contribution in [3.8, 4) is 11.6 Å². The lowest BCUT2D eigenvalue weighted by Gasteiger charge is -2.20. The van der Waals surface area contributed by atoms with Crippen LogP contribution in [0.3, 0.4) is 0 Å². The molecule has 0 radical (unpaired) electrons. The van der Waals surface area contributed by atoms with Crippen LogP contribution in [0.25, 0.3) is 11.6 Å². The van der Waals surface area contributed by atoms with E-state index in [-0.39, 0.29) is 25.1 Å². The molecule has 8 nitrogen and oxygen atoms in total. The summed E-state index contributed by atoms with van der Waals surface area (Å²) in [6.45, 7) is 0.331. The Bertz CT molecular complexity index is 576. The van der Waals surface area contributed by atoms with Crippen LogP contribution in [0.5, 0.6) is 0 Å². The maximum absolute atomic E-state index is 12.1. The van der Waals surface area contributed by atoms with Gasteiger partial charge >= 0.3 is 0 Å². The minimum absolute atomic E-state index is 0.0181. The molecule has 2 aromatic rings. The highest BCUT2D eigenvalue weighted by Crippen LogP contribution is 2.26. The SMILES string of the molecule is O=C(Cn1nnc(-c2ccco2)n1)N(CCO)C1CC1. The van der Waals surface area contributed by atoms with Crippen LogP contribution in [0.1, 0.15) is 12.8 Å². The molecular formula is C12H15N5O3. The summed E-state index contributed by atoms with van der Waals surface area (Å²) in [6.07, 6.45) is 3.51. The van der Waals surface area contributed by atoms with Gasteiger partial charge in [0.25, 0.3) is 0 Å². The van der Waals surface area contributed by atoms with E-state index in [2.05, 4.69) is 15.4 Å². The molecule has 0 aromatic carbocycles. The maximum atomic E-state index is 12.1. The fourth-order valence-corrected chi connectivity index (χ4v) is 2.03. The number of carbonyl (C=O) groups is 1. The van der Waals surface area contributed by atoms with Crippen molar-refractivity contribution in [2.45, 2.75) is 25.4 Å². The molecule has 3 rings (SSSR count). The summed E-state index contributed by atoms with van der Waals surface area (Å²) in [5.41, 5.74) is 0. The van der Waals surface area contributed by atoms with Crippen molar-refractivity contribution in [3.05, 3.63) is 18.4 Å². The van der Waals surface area contributed by atoms with E-state index in [4.69, 9.17) is 9.52 Å². The predicted molar refractivity (Wildman–Crippen MR) is 67.3 cm³/mol. The van der Waals surface area contributed by atoms with Gasteiger partial charge in [0.05, 0.1) is 12.9 Å². The molecule has 8 heteroatoms. The van der Waals surface area contributed by atoms with Crippen LogP contribution in [-0.4, -0.2) is 55.3 Å². The summed E-state index contributed by atoms with van der Waals surface area (Å²) in [7, 11) is 0. The van der Waals surface area contributed by atoms with E-state index < -0.39 is 0 Å². The molecule has 0 aliphatic heterocycles. The van der Waals surface area contributed by atoms with Gasteiger partial charge < -0.3 is 14.4 Å². The average Bonchev–Trinajstić information content (AvgIpc) is 2.93. The number of aromatic nitrogens is 4. The second-order valence-electron chi connectivity index (χ2n) is 4.66. The first-order chi connectivity index (χ1) is 9.78. The first-order valence-electron chi connectivity index (χ1n) is 6.50.